The van der Waals surface area contributed by atoms with Crippen molar-refractivity contribution < 1.29 is 13.2 Å². The van der Waals surface area contributed by atoms with Crippen LogP contribution >= 0.6 is 11.3 Å². The lowest BCUT2D eigenvalue weighted by atomic mass is 9.92. The summed E-state index contributed by atoms with van der Waals surface area (Å²) in [6.45, 7) is 9.53. The van der Waals surface area contributed by atoms with Gasteiger partial charge in [-0.2, -0.15) is 0 Å². The summed E-state index contributed by atoms with van der Waals surface area (Å²) in [4.78, 5) is 19.6. The van der Waals surface area contributed by atoms with Crippen LogP contribution in [0.3, 0.4) is 0 Å². The van der Waals surface area contributed by atoms with E-state index in [9.17, 15) is 13.2 Å². The number of nitrogens with zero attached hydrogens (tertiary/aromatic N) is 2. The maximum Gasteiger partial charge on any atom is 0.257 e. The van der Waals surface area contributed by atoms with Gasteiger partial charge in [-0.3, -0.25) is 15.0 Å². The zero-order valence-corrected chi connectivity index (χ0v) is 18.6. The Morgan fingerprint density at radius 1 is 1.21 bits per heavy atom. The van der Waals surface area contributed by atoms with Gasteiger partial charge in [0.1, 0.15) is 0 Å². The zero-order chi connectivity index (χ0) is 21.0. The highest BCUT2D eigenvalue weighted by Crippen LogP contribution is 2.24. The second-order valence-corrected chi connectivity index (χ2v) is 10.4. The molecule has 1 aromatic heterocycles. The number of rotatable bonds is 7. The Hall–Kier alpha value is -1.81. The van der Waals surface area contributed by atoms with Crippen LogP contribution in [-0.2, 0) is 16.6 Å². The molecule has 9 heteroatoms. The normalized spacial score (nSPS) is 20.5. The van der Waals surface area contributed by atoms with E-state index in [0.717, 1.165) is 25.3 Å². The van der Waals surface area contributed by atoms with Gasteiger partial charge in [0.2, 0.25) is 10.0 Å². The molecule has 2 heterocycles. The van der Waals surface area contributed by atoms with Crippen LogP contribution in [0.25, 0.3) is 0 Å². The Labute approximate surface area is 176 Å². The van der Waals surface area contributed by atoms with Crippen molar-refractivity contribution in [3.63, 3.8) is 0 Å². The molecule has 2 N–H and O–H groups in total. The van der Waals surface area contributed by atoms with Crippen molar-refractivity contribution in [1.29, 1.82) is 0 Å². The maximum atomic E-state index is 12.5. The minimum absolute atomic E-state index is 0.137. The maximum absolute atomic E-state index is 12.5. The first kappa shape index (κ1) is 21.9. The van der Waals surface area contributed by atoms with Crippen molar-refractivity contribution in [2.75, 3.05) is 25.0 Å². The minimum atomic E-state index is -3.53. The lowest BCUT2D eigenvalue weighted by Gasteiger charge is -2.34. The van der Waals surface area contributed by atoms with Gasteiger partial charge in [-0.05, 0) is 42.5 Å². The van der Waals surface area contributed by atoms with E-state index in [0.29, 0.717) is 29.1 Å². The monoisotopic (exact) mass is 436 g/mol. The number of carbonyl (C=O) groups is 1. The number of aromatic nitrogens is 1. The van der Waals surface area contributed by atoms with Gasteiger partial charge in [0, 0.05) is 37.1 Å². The lowest BCUT2D eigenvalue weighted by Crippen LogP contribution is -2.38. The van der Waals surface area contributed by atoms with Crippen LogP contribution in [0.15, 0.2) is 34.5 Å². The van der Waals surface area contributed by atoms with E-state index in [4.69, 9.17) is 0 Å². The van der Waals surface area contributed by atoms with E-state index in [-0.39, 0.29) is 10.8 Å². The van der Waals surface area contributed by atoms with Crippen LogP contribution in [0.1, 0.15) is 43.2 Å². The van der Waals surface area contributed by atoms with Gasteiger partial charge < -0.3 is 0 Å². The Balaban J connectivity index is 1.60. The van der Waals surface area contributed by atoms with Gasteiger partial charge >= 0.3 is 0 Å². The fourth-order valence-corrected chi connectivity index (χ4v) is 5.55. The van der Waals surface area contributed by atoms with Crippen LogP contribution < -0.4 is 10.0 Å². The van der Waals surface area contributed by atoms with Crippen LogP contribution in [0.4, 0.5) is 5.13 Å². The molecule has 1 aliphatic rings. The number of piperidine rings is 1. The number of anilines is 1. The summed E-state index contributed by atoms with van der Waals surface area (Å²) in [5.41, 5.74) is 1.34. The largest absolute Gasteiger partial charge is 0.298 e. The molecule has 158 valence electrons. The number of benzene rings is 1. The van der Waals surface area contributed by atoms with Crippen molar-refractivity contribution in [2.45, 2.75) is 38.6 Å². The summed E-state index contributed by atoms with van der Waals surface area (Å²) in [7, 11) is -3.53. The van der Waals surface area contributed by atoms with E-state index < -0.39 is 10.0 Å². The smallest absolute Gasteiger partial charge is 0.257 e. The Bertz CT molecular complexity index is 931. The van der Waals surface area contributed by atoms with Crippen LogP contribution in [0.5, 0.6) is 0 Å². The molecule has 1 fully saturated rings. The average Bonchev–Trinajstić information content (AvgIpc) is 3.07. The van der Waals surface area contributed by atoms with Crippen molar-refractivity contribution in [1.82, 2.24) is 14.6 Å². The summed E-state index contributed by atoms with van der Waals surface area (Å²) in [5, 5.41) is 5.33. The highest BCUT2D eigenvalue weighted by atomic mass is 32.2. The van der Waals surface area contributed by atoms with Crippen molar-refractivity contribution in [2.24, 2.45) is 11.8 Å². The molecule has 0 radical (unpaired) electrons. The average molecular weight is 437 g/mol. The van der Waals surface area contributed by atoms with E-state index in [2.05, 4.69) is 33.8 Å². The molecule has 1 saturated heterocycles. The van der Waals surface area contributed by atoms with Crippen LogP contribution in [0, 0.1) is 11.8 Å². The van der Waals surface area contributed by atoms with Gasteiger partial charge in [0.25, 0.3) is 5.91 Å². The number of hydrogen-bond donors (Lipinski definition) is 2. The first-order valence-electron chi connectivity index (χ1n) is 9.84. The van der Waals surface area contributed by atoms with E-state index in [1.54, 1.807) is 6.92 Å². The summed E-state index contributed by atoms with van der Waals surface area (Å²) in [6.07, 6.45) is 1.27. The molecule has 1 aliphatic heterocycles. The highest BCUT2D eigenvalue weighted by Gasteiger charge is 2.22. The predicted molar refractivity (Wildman–Crippen MR) is 116 cm³/mol. The Morgan fingerprint density at radius 3 is 2.48 bits per heavy atom. The van der Waals surface area contributed by atoms with Gasteiger partial charge in [-0.1, -0.05) is 20.8 Å². The molecule has 2 aromatic rings. The van der Waals surface area contributed by atoms with Crippen LogP contribution in [-0.4, -0.2) is 43.8 Å². The van der Waals surface area contributed by atoms with Crippen molar-refractivity contribution >= 4 is 32.4 Å². The van der Waals surface area contributed by atoms with Gasteiger partial charge in [0.05, 0.1) is 10.6 Å². The molecule has 0 saturated carbocycles. The van der Waals surface area contributed by atoms with Crippen LogP contribution in [0.2, 0.25) is 0 Å². The SMILES string of the molecule is CCNS(=O)(=O)c1ccc(C(=O)Nc2nc(CN3CC(C)CC(C)C3)cs2)cc1. The minimum Gasteiger partial charge on any atom is -0.298 e. The first-order chi connectivity index (χ1) is 13.8. The standard InChI is InChI=1S/C20H28N4O3S2/c1-4-21-29(26,27)18-7-5-16(6-8-18)19(25)23-20-22-17(13-28-20)12-24-10-14(2)9-15(3)11-24/h5-8,13-15,21H,4,9-12H2,1-3H3,(H,22,23,25). The molecule has 0 bridgehead atoms. The summed E-state index contributed by atoms with van der Waals surface area (Å²) in [6, 6.07) is 5.87. The molecule has 1 amide bonds. The second kappa shape index (κ2) is 9.34. The summed E-state index contributed by atoms with van der Waals surface area (Å²) in [5.74, 6) is 1.07. The van der Waals surface area contributed by atoms with E-state index in [1.807, 2.05) is 5.38 Å². The molecule has 0 spiro atoms. The summed E-state index contributed by atoms with van der Waals surface area (Å²) < 4.78 is 26.4. The molecule has 2 unspecified atom stereocenters. The molecular formula is C20H28N4O3S2. The third-order valence-corrected chi connectivity index (χ3v) is 7.23. The number of sulfonamides is 1. The Morgan fingerprint density at radius 2 is 1.86 bits per heavy atom. The predicted octanol–water partition coefficient (Wildman–Crippen LogP) is 3.17. The molecule has 7 nitrogen and oxygen atoms in total. The van der Waals surface area contributed by atoms with Gasteiger partial charge in [0.15, 0.2) is 5.13 Å². The van der Waals surface area contributed by atoms with E-state index in [1.165, 1.54) is 42.0 Å². The molecule has 2 atom stereocenters. The van der Waals surface area contributed by atoms with Gasteiger partial charge in [-0.15, -0.1) is 11.3 Å². The Kier molecular flexibility index (Phi) is 7.05. The number of hydrogen-bond acceptors (Lipinski definition) is 6. The van der Waals surface area contributed by atoms with E-state index >= 15 is 0 Å². The topological polar surface area (TPSA) is 91.4 Å². The number of amides is 1. The fraction of sp³-hybridized carbons (Fsp3) is 0.500. The summed E-state index contributed by atoms with van der Waals surface area (Å²) >= 11 is 1.40. The number of nitrogens with one attached hydrogen (secondary N) is 2. The molecule has 1 aromatic carbocycles. The lowest BCUT2D eigenvalue weighted by molar-refractivity contribution is 0.102. The van der Waals surface area contributed by atoms with Gasteiger partial charge in [-0.25, -0.2) is 18.1 Å². The third kappa shape index (κ3) is 5.85. The number of likely N-dealkylation sites (tertiary alicyclic amines) is 1. The van der Waals surface area contributed by atoms with Crippen molar-refractivity contribution in [3.8, 4) is 0 Å². The fourth-order valence-electron chi connectivity index (χ4n) is 3.82. The molecule has 3 rings (SSSR count). The first-order valence-corrected chi connectivity index (χ1v) is 12.2. The molecule has 0 aliphatic carbocycles. The number of thiazole rings is 1. The second-order valence-electron chi connectivity index (χ2n) is 7.76. The van der Waals surface area contributed by atoms with Crippen molar-refractivity contribution in [3.05, 3.63) is 40.9 Å². The molecule has 29 heavy (non-hydrogen) atoms. The molecular weight excluding hydrogens is 408 g/mol. The zero-order valence-electron chi connectivity index (χ0n) is 17.0. The number of carbonyl (C=O) groups excluding carboxylic acids is 1. The third-order valence-electron chi connectivity index (χ3n) is 4.86. The highest BCUT2D eigenvalue weighted by molar-refractivity contribution is 7.89. The quantitative estimate of drug-likeness (QED) is 0.696.